The standard InChI is InChI=1S/C13H17N3O5/c1-2-5-14(8-12(17)18)13(19)11-6-10(16(20)21)7-15(11)9-3-4-9/h6-7,9H,2-5,8H2,1H3,(H,17,18). The number of hydrogen-bond acceptors (Lipinski definition) is 4. The van der Waals surface area contributed by atoms with Crippen LogP contribution in [0.5, 0.6) is 0 Å². The summed E-state index contributed by atoms with van der Waals surface area (Å²) in [6, 6.07) is 1.33. The van der Waals surface area contributed by atoms with Gasteiger partial charge < -0.3 is 14.6 Å². The van der Waals surface area contributed by atoms with E-state index in [1.54, 1.807) is 4.57 Å². The van der Waals surface area contributed by atoms with E-state index in [4.69, 9.17) is 5.11 Å². The minimum Gasteiger partial charge on any atom is -0.480 e. The van der Waals surface area contributed by atoms with Gasteiger partial charge >= 0.3 is 5.97 Å². The quantitative estimate of drug-likeness (QED) is 0.608. The first kappa shape index (κ1) is 15.0. The third kappa shape index (κ3) is 3.39. The highest BCUT2D eigenvalue weighted by Gasteiger charge is 2.32. The van der Waals surface area contributed by atoms with Crippen molar-refractivity contribution in [3.63, 3.8) is 0 Å². The molecule has 0 aliphatic heterocycles. The summed E-state index contributed by atoms with van der Waals surface area (Å²) in [6.07, 6.45) is 3.72. The number of aliphatic carboxylic acids is 1. The summed E-state index contributed by atoms with van der Waals surface area (Å²) in [5.41, 5.74) is 0.0518. The van der Waals surface area contributed by atoms with Crippen LogP contribution in [0.1, 0.15) is 42.7 Å². The van der Waals surface area contributed by atoms with Crippen LogP contribution in [-0.2, 0) is 4.79 Å². The van der Waals surface area contributed by atoms with Gasteiger partial charge in [0, 0.05) is 18.7 Å². The smallest absolute Gasteiger partial charge is 0.323 e. The van der Waals surface area contributed by atoms with Crippen LogP contribution >= 0.6 is 0 Å². The van der Waals surface area contributed by atoms with E-state index in [1.807, 2.05) is 6.92 Å². The van der Waals surface area contributed by atoms with Gasteiger partial charge in [0.05, 0.1) is 11.1 Å². The van der Waals surface area contributed by atoms with Crippen LogP contribution in [0, 0.1) is 10.1 Å². The molecule has 0 unspecified atom stereocenters. The first-order chi connectivity index (χ1) is 9.93. The summed E-state index contributed by atoms with van der Waals surface area (Å²) in [6.45, 7) is 1.73. The minimum absolute atomic E-state index is 0.103. The average molecular weight is 295 g/mol. The summed E-state index contributed by atoms with van der Waals surface area (Å²) in [5, 5.41) is 19.8. The van der Waals surface area contributed by atoms with Gasteiger partial charge in [0.25, 0.3) is 11.6 Å². The summed E-state index contributed by atoms with van der Waals surface area (Å²) in [5.74, 6) is -1.57. The van der Waals surface area contributed by atoms with E-state index in [0.29, 0.717) is 13.0 Å². The van der Waals surface area contributed by atoms with Crippen molar-refractivity contribution in [2.75, 3.05) is 13.1 Å². The third-order valence-corrected chi connectivity index (χ3v) is 3.31. The van der Waals surface area contributed by atoms with Crippen molar-refractivity contribution in [3.8, 4) is 0 Å². The maximum Gasteiger partial charge on any atom is 0.323 e. The molecule has 21 heavy (non-hydrogen) atoms. The largest absolute Gasteiger partial charge is 0.480 e. The van der Waals surface area contributed by atoms with E-state index in [-0.39, 0.29) is 17.4 Å². The topological polar surface area (TPSA) is 106 Å². The zero-order valence-corrected chi connectivity index (χ0v) is 11.7. The lowest BCUT2D eigenvalue weighted by Crippen LogP contribution is -2.37. The van der Waals surface area contributed by atoms with Crippen molar-refractivity contribution in [1.82, 2.24) is 9.47 Å². The molecule has 1 aliphatic carbocycles. The SMILES string of the molecule is CCCN(CC(=O)O)C(=O)c1cc([N+](=O)[O-])cn1C1CC1. The first-order valence-electron chi connectivity index (χ1n) is 6.81. The van der Waals surface area contributed by atoms with Crippen molar-refractivity contribution in [2.24, 2.45) is 0 Å². The van der Waals surface area contributed by atoms with Gasteiger partial charge in [-0.3, -0.25) is 19.7 Å². The molecule has 1 aromatic heterocycles. The van der Waals surface area contributed by atoms with E-state index in [2.05, 4.69) is 0 Å². The summed E-state index contributed by atoms with van der Waals surface area (Å²) in [4.78, 5) is 34.9. The number of hydrogen-bond donors (Lipinski definition) is 1. The van der Waals surface area contributed by atoms with E-state index < -0.39 is 23.3 Å². The Hall–Kier alpha value is -2.38. The highest BCUT2D eigenvalue weighted by Crippen LogP contribution is 2.38. The molecule has 0 atom stereocenters. The Morgan fingerprint density at radius 2 is 2.19 bits per heavy atom. The molecule has 0 aromatic carbocycles. The molecule has 0 bridgehead atoms. The molecular weight excluding hydrogens is 278 g/mol. The number of carboxylic acid groups (broad SMARTS) is 1. The average Bonchev–Trinajstić information content (AvgIpc) is 3.15. The Kier molecular flexibility index (Phi) is 4.25. The molecule has 1 heterocycles. The molecule has 8 nitrogen and oxygen atoms in total. The zero-order chi connectivity index (χ0) is 15.6. The molecule has 1 N–H and O–H groups in total. The van der Waals surface area contributed by atoms with Crippen molar-refractivity contribution in [3.05, 3.63) is 28.1 Å². The Bertz CT molecular complexity index is 576. The molecule has 2 rings (SSSR count). The van der Waals surface area contributed by atoms with Gasteiger partial charge in [-0.25, -0.2) is 0 Å². The Labute approximate surface area is 121 Å². The van der Waals surface area contributed by atoms with Crippen LogP contribution in [0.25, 0.3) is 0 Å². The van der Waals surface area contributed by atoms with Crippen molar-refractivity contribution >= 4 is 17.6 Å². The predicted octanol–water partition coefficient (Wildman–Crippen LogP) is 1.67. The van der Waals surface area contributed by atoms with Crippen molar-refractivity contribution in [2.45, 2.75) is 32.2 Å². The molecule has 0 spiro atoms. The molecule has 0 saturated heterocycles. The van der Waals surface area contributed by atoms with Gasteiger partial charge in [-0.1, -0.05) is 6.92 Å². The second kappa shape index (κ2) is 5.94. The maximum atomic E-state index is 12.5. The number of aromatic nitrogens is 1. The summed E-state index contributed by atoms with van der Waals surface area (Å²) >= 11 is 0. The van der Waals surface area contributed by atoms with Gasteiger partial charge in [0.2, 0.25) is 0 Å². The normalized spacial score (nSPS) is 14.0. The molecular formula is C13H17N3O5. The van der Waals surface area contributed by atoms with E-state index in [9.17, 15) is 19.7 Å². The highest BCUT2D eigenvalue weighted by molar-refractivity contribution is 5.95. The molecule has 1 fully saturated rings. The highest BCUT2D eigenvalue weighted by atomic mass is 16.6. The summed E-state index contributed by atoms with van der Waals surface area (Å²) in [7, 11) is 0. The molecule has 0 radical (unpaired) electrons. The van der Waals surface area contributed by atoms with Crippen LogP contribution in [-0.4, -0.2) is 44.5 Å². The number of nitro groups is 1. The van der Waals surface area contributed by atoms with Crippen LogP contribution in [0.4, 0.5) is 5.69 Å². The van der Waals surface area contributed by atoms with Crippen LogP contribution < -0.4 is 0 Å². The third-order valence-electron chi connectivity index (χ3n) is 3.31. The van der Waals surface area contributed by atoms with Gasteiger partial charge in [-0.2, -0.15) is 0 Å². The first-order valence-corrected chi connectivity index (χ1v) is 6.81. The van der Waals surface area contributed by atoms with Crippen molar-refractivity contribution in [1.29, 1.82) is 0 Å². The van der Waals surface area contributed by atoms with Crippen LogP contribution in [0.2, 0.25) is 0 Å². The molecule has 1 aliphatic rings. The monoisotopic (exact) mass is 295 g/mol. The lowest BCUT2D eigenvalue weighted by atomic mass is 10.3. The number of carbonyl (C=O) groups excluding carboxylic acids is 1. The Morgan fingerprint density at radius 3 is 2.67 bits per heavy atom. The lowest BCUT2D eigenvalue weighted by Gasteiger charge is -2.20. The van der Waals surface area contributed by atoms with E-state index in [0.717, 1.165) is 12.8 Å². The van der Waals surface area contributed by atoms with Crippen molar-refractivity contribution < 1.29 is 19.6 Å². The number of carbonyl (C=O) groups is 2. The number of rotatable bonds is 7. The molecule has 1 aromatic rings. The van der Waals surface area contributed by atoms with Gasteiger partial charge in [0.15, 0.2) is 0 Å². The molecule has 1 saturated carbocycles. The summed E-state index contributed by atoms with van der Waals surface area (Å²) < 4.78 is 1.60. The second-order valence-corrected chi connectivity index (χ2v) is 5.10. The fourth-order valence-corrected chi connectivity index (χ4v) is 2.24. The fourth-order valence-electron chi connectivity index (χ4n) is 2.24. The molecule has 114 valence electrons. The minimum atomic E-state index is -1.10. The fraction of sp³-hybridized carbons (Fsp3) is 0.538. The number of nitrogens with zero attached hydrogens (tertiary/aromatic N) is 3. The predicted molar refractivity (Wildman–Crippen MR) is 73.2 cm³/mol. The van der Waals surface area contributed by atoms with Gasteiger partial charge in [0.1, 0.15) is 12.2 Å². The zero-order valence-electron chi connectivity index (χ0n) is 11.7. The lowest BCUT2D eigenvalue weighted by molar-refractivity contribution is -0.384. The number of carboxylic acids is 1. The van der Waals surface area contributed by atoms with Gasteiger partial charge in [-0.15, -0.1) is 0 Å². The van der Waals surface area contributed by atoms with Crippen LogP contribution in [0.3, 0.4) is 0 Å². The van der Waals surface area contributed by atoms with Crippen LogP contribution in [0.15, 0.2) is 12.3 Å². The maximum absolute atomic E-state index is 12.5. The van der Waals surface area contributed by atoms with E-state index in [1.165, 1.54) is 17.2 Å². The molecule has 8 heteroatoms. The Balaban J connectivity index is 2.31. The van der Waals surface area contributed by atoms with E-state index >= 15 is 0 Å². The molecule has 1 amide bonds. The van der Waals surface area contributed by atoms with Gasteiger partial charge in [-0.05, 0) is 19.3 Å². The number of amides is 1. The Morgan fingerprint density at radius 1 is 1.52 bits per heavy atom. The second-order valence-electron chi connectivity index (χ2n) is 5.10.